The van der Waals surface area contributed by atoms with Crippen LogP contribution in [0.3, 0.4) is 0 Å². The summed E-state index contributed by atoms with van der Waals surface area (Å²) in [6, 6.07) is 12.8. The Morgan fingerprint density at radius 1 is 1.09 bits per heavy atom. The molecule has 1 aliphatic heterocycles. The molecule has 2 aromatic carbocycles. The van der Waals surface area contributed by atoms with Crippen molar-refractivity contribution in [2.45, 2.75) is 26.4 Å². The SMILES string of the molecule is Cc1ccc(NC(=O)C2(C)Oc3ccc(C)cc3NC2=O)cc1. The van der Waals surface area contributed by atoms with Crippen LogP contribution in [0.15, 0.2) is 42.5 Å². The summed E-state index contributed by atoms with van der Waals surface area (Å²) in [5.74, 6) is -0.512. The van der Waals surface area contributed by atoms with Crippen molar-refractivity contribution in [1.82, 2.24) is 0 Å². The predicted octanol–water partition coefficient (Wildman–Crippen LogP) is 3.03. The largest absolute Gasteiger partial charge is 0.466 e. The molecule has 23 heavy (non-hydrogen) atoms. The number of benzene rings is 2. The lowest BCUT2D eigenvalue weighted by Crippen LogP contribution is -2.56. The number of carbonyl (C=O) groups excluding carboxylic acids is 2. The number of anilines is 2. The zero-order chi connectivity index (χ0) is 16.6. The van der Waals surface area contributed by atoms with Gasteiger partial charge in [-0.25, -0.2) is 0 Å². The highest BCUT2D eigenvalue weighted by Gasteiger charge is 2.47. The van der Waals surface area contributed by atoms with Gasteiger partial charge in [0.25, 0.3) is 17.4 Å². The molecule has 1 aliphatic rings. The van der Waals surface area contributed by atoms with Crippen molar-refractivity contribution in [2.24, 2.45) is 0 Å². The summed E-state index contributed by atoms with van der Waals surface area (Å²) >= 11 is 0. The van der Waals surface area contributed by atoms with Crippen LogP contribution < -0.4 is 15.4 Å². The fourth-order valence-corrected chi connectivity index (χ4v) is 2.38. The van der Waals surface area contributed by atoms with E-state index in [0.29, 0.717) is 17.1 Å². The first-order chi connectivity index (χ1) is 10.9. The van der Waals surface area contributed by atoms with E-state index in [1.807, 2.05) is 38.1 Å². The van der Waals surface area contributed by atoms with E-state index in [-0.39, 0.29) is 0 Å². The van der Waals surface area contributed by atoms with Gasteiger partial charge < -0.3 is 15.4 Å². The number of hydrogen-bond donors (Lipinski definition) is 2. The highest BCUT2D eigenvalue weighted by molar-refractivity contribution is 6.19. The van der Waals surface area contributed by atoms with Crippen LogP contribution in [0.5, 0.6) is 5.75 Å². The molecular formula is C18H18N2O3. The van der Waals surface area contributed by atoms with Crippen LogP contribution in [-0.4, -0.2) is 17.4 Å². The Balaban J connectivity index is 1.85. The van der Waals surface area contributed by atoms with E-state index in [4.69, 9.17) is 4.74 Å². The minimum atomic E-state index is -1.62. The molecule has 0 saturated heterocycles. The van der Waals surface area contributed by atoms with E-state index >= 15 is 0 Å². The maximum Gasteiger partial charge on any atom is 0.278 e. The van der Waals surface area contributed by atoms with E-state index in [9.17, 15) is 9.59 Å². The van der Waals surface area contributed by atoms with Crippen molar-refractivity contribution < 1.29 is 14.3 Å². The molecule has 1 unspecified atom stereocenters. The number of fused-ring (bicyclic) bond motifs is 1. The highest BCUT2D eigenvalue weighted by atomic mass is 16.5. The summed E-state index contributed by atoms with van der Waals surface area (Å²) in [6.45, 7) is 5.35. The van der Waals surface area contributed by atoms with Crippen molar-refractivity contribution in [3.63, 3.8) is 0 Å². The van der Waals surface area contributed by atoms with Gasteiger partial charge in [0.1, 0.15) is 5.75 Å². The molecule has 5 heteroatoms. The molecule has 0 spiro atoms. The van der Waals surface area contributed by atoms with Crippen LogP contribution in [-0.2, 0) is 9.59 Å². The molecule has 1 atom stereocenters. The van der Waals surface area contributed by atoms with Crippen LogP contribution >= 0.6 is 0 Å². The van der Waals surface area contributed by atoms with Crippen LogP contribution in [0, 0.1) is 13.8 Å². The average molecular weight is 310 g/mol. The molecule has 1 heterocycles. The van der Waals surface area contributed by atoms with Crippen LogP contribution in [0.2, 0.25) is 0 Å². The number of rotatable bonds is 2. The summed E-state index contributed by atoms with van der Waals surface area (Å²) in [5.41, 5.74) is 1.67. The zero-order valence-corrected chi connectivity index (χ0v) is 13.3. The van der Waals surface area contributed by atoms with Crippen LogP contribution in [0.25, 0.3) is 0 Å². The summed E-state index contributed by atoms with van der Waals surface area (Å²) in [7, 11) is 0. The third-order valence-electron chi connectivity index (χ3n) is 3.87. The van der Waals surface area contributed by atoms with Gasteiger partial charge in [0.2, 0.25) is 0 Å². The van der Waals surface area contributed by atoms with Gasteiger partial charge in [-0.2, -0.15) is 0 Å². The molecule has 0 aliphatic carbocycles. The summed E-state index contributed by atoms with van der Waals surface area (Å²) in [5, 5.41) is 5.47. The molecule has 0 fully saturated rings. The Hall–Kier alpha value is -2.82. The highest BCUT2D eigenvalue weighted by Crippen LogP contribution is 2.34. The van der Waals surface area contributed by atoms with Crippen LogP contribution in [0.1, 0.15) is 18.1 Å². The number of nitrogens with one attached hydrogen (secondary N) is 2. The van der Waals surface area contributed by atoms with E-state index < -0.39 is 17.4 Å². The second-order valence-electron chi connectivity index (χ2n) is 5.91. The van der Waals surface area contributed by atoms with Crippen molar-refractivity contribution in [3.8, 4) is 5.75 Å². The summed E-state index contributed by atoms with van der Waals surface area (Å²) in [6.07, 6.45) is 0. The molecule has 0 saturated carbocycles. The zero-order valence-electron chi connectivity index (χ0n) is 13.3. The van der Waals surface area contributed by atoms with Gasteiger partial charge in [0.05, 0.1) is 5.69 Å². The monoisotopic (exact) mass is 310 g/mol. The van der Waals surface area contributed by atoms with Crippen molar-refractivity contribution in [3.05, 3.63) is 53.6 Å². The summed E-state index contributed by atoms with van der Waals surface area (Å²) < 4.78 is 5.72. The first-order valence-electron chi connectivity index (χ1n) is 7.38. The Morgan fingerprint density at radius 2 is 1.74 bits per heavy atom. The molecule has 118 valence electrons. The van der Waals surface area contributed by atoms with Crippen molar-refractivity contribution in [1.29, 1.82) is 0 Å². The molecule has 0 radical (unpaired) electrons. The Labute approximate surface area is 134 Å². The Bertz CT molecular complexity index is 783. The molecule has 5 nitrogen and oxygen atoms in total. The minimum Gasteiger partial charge on any atom is -0.466 e. The fraction of sp³-hybridized carbons (Fsp3) is 0.222. The van der Waals surface area contributed by atoms with Gasteiger partial charge in [-0.15, -0.1) is 0 Å². The van der Waals surface area contributed by atoms with Gasteiger partial charge in [0.15, 0.2) is 0 Å². The van der Waals surface area contributed by atoms with E-state index in [1.165, 1.54) is 6.92 Å². The van der Waals surface area contributed by atoms with Crippen molar-refractivity contribution in [2.75, 3.05) is 10.6 Å². The number of hydrogen-bond acceptors (Lipinski definition) is 3. The number of amides is 2. The fourth-order valence-electron chi connectivity index (χ4n) is 2.38. The van der Waals surface area contributed by atoms with Gasteiger partial charge in [0, 0.05) is 5.69 Å². The lowest BCUT2D eigenvalue weighted by atomic mass is 10.0. The normalized spacial score (nSPS) is 19.3. The average Bonchev–Trinajstić information content (AvgIpc) is 2.51. The maximum atomic E-state index is 12.6. The minimum absolute atomic E-state index is 0.483. The second kappa shape index (κ2) is 5.43. The predicted molar refractivity (Wildman–Crippen MR) is 88.7 cm³/mol. The van der Waals surface area contributed by atoms with Gasteiger partial charge in [-0.3, -0.25) is 9.59 Å². The maximum absolute atomic E-state index is 12.6. The molecule has 2 amide bonds. The standard InChI is InChI=1S/C18H18N2O3/c1-11-4-7-13(8-5-11)19-16(21)18(3)17(22)20-14-10-12(2)6-9-15(14)23-18/h4-10H,1-3H3,(H,19,21)(H,20,22). The third-order valence-corrected chi connectivity index (χ3v) is 3.87. The number of aryl methyl sites for hydroxylation is 2. The molecule has 3 rings (SSSR count). The smallest absolute Gasteiger partial charge is 0.278 e. The van der Waals surface area contributed by atoms with E-state index in [0.717, 1.165) is 11.1 Å². The number of ether oxygens (including phenoxy) is 1. The first-order valence-corrected chi connectivity index (χ1v) is 7.38. The summed E-state index contributed by atoms with van der Waals surface area (Å²) in [4.78, 5) is 24.9. The first kappa shape index (κ1) is 15.1. The topological polar surface area (TPSA) is 67.4 Å². The van der Waals surface area contributed by atoms with Gasteiger partial charge in [-0.05, 0) is 50.6 Å². The van der Waals surface area contributed by atoms with Gasteiger partial charge in [-0.1, -0.05) is 23.8 Å². The third kappa shape index (κ3) is 2.77. The molecule has 2 N–H and O–H groups in total. The molecule has 0 aromatic heterocycles. The van der Waals surface area contributed by atoms with E-state index in [2.05, 4.69) is 10.6 Å². The second-order valence-corrected chi connectivity index (χ2v) is 5.91. The quantitative estimate of drug-likeness (QED) is 0.838. The Morgan fingerprint density at radius 3 is 2.43 bits per heavy atom. The Kier molecular flexibility index (Phi) is 3.56. The molecule has 0 bridgehead atoms. The van der Waals surface area contributed by atoms with E-state index in [1.54, 1.807) is 18.2 Å². The van der Waals surface area contributed by atoms with Gasteiger partial charge >= 0.3 is 0 Å². The number of carbonyl (C=O) groups is 2. The lowest BCUT2D eigenvalue weighted by molar-refractivity contribution is -0.143. The van der Waals surface area contributed by atoms with Crippen molar-refractivity contribution >= 4 is 23.2 Å². The lowest BCUT2D eigenvalue weighted by Gasteiger charge is -2.33. The molecular weight excluding hydrogens is 292 g/mol. The van der Waals surface area contributed by atoms with Crippen LogP contribution in [0.4, 0.5) is 11.4 Å². The molecule has 2 aromatic rings.